The van der Waals surface area contributed by atoms with Crippen LogP contribution in [0.15, 0.2) is 34.1 Å². The Morgan fingerprint density at radius 2 is 0.943 bits per heavy atom. The number of sulfonamides is 2. The lowest BCUT2D eigenvalue weighted by atomic mass is 10.3. The lowest BCUT2D eigenvalue weighted by Crippen LogP contribution is -2.37. The van der Waals surface area contributed by atoms with E-state index in [2.05, 4.69) is 0 Å². The number of ether oxygens (including phenoxy) is 4. The topological polar surface area (TPSA) is 112 Å². The van der Waals surface area contributed by atoms with Crippen molar-refractivity contribution in [3.8, 4) is 23.0 Å². The first kappa shape index (κ1) is 27.6. The van der Waals surface area contributed by atoms with Crippen molar-refractivity contribution in [2.75, 3.05) is 54.6 Å². The fourth-order valence-electron chi connectivity index (χ4n) is 3.70. The quantitative estimate of drug-likeness (QED) is 0.477. The van der Waals surface area contributed by atoms with E-state index in [4.69, 9.17) is 42.1 Å². The van der Waals surface area contributed by atoms with Crippen LogP contribution in [0.25, 0.3) is 0 Å². The number of rotatable bonds is 8. The second-order valence-corrected chi connectivity index (χ2v) is 12.1. The molecule has 0 saturated carbocycles. The standard InChI is InChI=1S/C21H26Cl2N2O8S2/c1-30-16-12-20(18(32-3)10-14(16)22)34(26,27)24-6-5-7-25(9-8-24)35(28,29)21-13-17(31-2)15(23)11-19(21)33-4/h10-13H,5-9H2,1-4H3. The van der Waals surface area contributed by atoms with Crippen LogP contribution in [-0.4, -0.2) is 80.1 Å². The molecule has 0 spiro atoms. The third kappa shape index (κ3) is 5.42. The van der Waals surface area contributed by atoms with Crippen molar-refractivity contribution in [2.24, 2.45) is 0 Å². The molecule has 0 aromatic heterocycles. The molecule has 0 radical (unpaired) electrons. The minimum absolute atomic E-state index is 0.0579. The minimum atomic E-state index is -4.05. The van der Waals surface area contributed by atoms with Gasteiger partial charge in [-0.25, -0.2) is 16.8 Å². The summed E-state index contributed by atoms with van der Waals surface area (Å²) in [5.74, 6) is 0.465. The summed E-state index contributed by atoms with van der Waals surface area (Å²) in [7, 11) is -2.69. The molecule has 0 unspecified atom stereocenters. The SMILES string of the molecule is COc1cc(S(=O)(=O)N2CCCN(S(=O)(=O)c3cc(OC)c(Cl)cc3OC)CC2)c(OC)cc1Cl. The van der Waals surface area contributed by atoms with Gasteiger partial charge in [-0.1, -0.05) is 23.2 Å². The number of benzene rings is 2. The maximum absolute atomic E-state index is 13.5. The fraction of sp³-hybridized carbons (Fsp3) is 0.429. The molecule has 0 amide bonds. The van der Waals surface area contributed by atoms with Crippen molar-refractivity contribution >= 4 is 43.2 Å². The van der Waals surface area contributed by atoms with Crippen LogP contribution in [0.5, 0.6) is 23.0 Å². The van der Waals surface area contributed by atoms with Crippen LogP contribution in [0.2, 0.25) is 10.0 Å². The number of nitrogens with zero attached hydrogens (tertiary/aromatic N) is 2. The highest BCUT2D eigenvalue weighted by atomic mass is 35.5. The Balaban J connectivity index is 1.93. The van der Waals surface area contributed by atoms with E-state index in [1.807, 2.05) is 0 Å². The molecule has 10 nitrogen and oxygen atoms in total. The van der Waals surface area contributed by atoms with Gasteiger partial charge >= 0.3 is 0 Å². The van der Waals surface area contributed by atoms with E-state index < -0.39 is 20.0 Å². The van der Waals surface area contributed by atoms with Crippen LogP contribution in [0.1, 0.15) is 6.42 Å². The molecule has 2 aromatic carbocycles. The van der Waals surface area contributed by atoms with Gasteiger partial charge in [0.15, 0.2) is 0 Å². The second kappa shape index (κ2) is 11.0. The van der Waals surface area contributed by atoms with Crippen LogP contribution in [0.4, 0.5) is 0 Å². The Morgan fingerprint density at radius 1 is 0.600 bits per heavy atom. The number of halogens is 2. The monoisotopic (exact) mass is 568 g/mol. The molecule has 0 atom stereocenters. The summed E-state index contributed by atoms with van der Waals surface area (Å²) in [6.07, 6.45) is 0.262. The molecule has 3 rings (SSSR count). The minimum Gasteiger partial charge on any atom is -0.495 e. The van der Waals surface area contributed by atoms with Crippen LogP contribution in [0, 0.1) is 0 Å². The summed E-state index contributed by atoms with van der Waals surface area (Å²) < 4.78 is 77.1. The summed E-state index contributed by atoms with van der Waals surface area (Å²) in [5, 5.41) is 0.396. The van der Waals surface area contributed by atoms with Crippen molar-refractivity contribution in [1.82, 2.24) is 8.61 Å². The second-order valence-electron chi connectivity index (χ2n) is 7.44. The molecule has 0 bridgehead atoms. The van der Waals surface area contributed by atoms with E-state index >= 15 is 0 Å². The molecular weight excluding hydrogens is 543 g/mol. The molecule has 0 aliphatic carbocycles. The normalized spacial score (nSPS) is 15.9. The van der Waals surface area contributed by atoms with Gasteiger partial charge in [0.25, 0.3) is 0 Å². The Bertz CT molecular complexity index is 1200. The molecule has 1 aliphatic heterocycles. The average Bonchev–Trinajstić information content (AvgIpc) is 3.11. The molecule has 1 fully saturated rings. The van der Waals surface area contributed by atoms with Gasteiger partial charge < -0.3 is 18.9 Å². The zero-order valence-electron chi connectivity index (χ0n) is 19.6. The number of methoxy groups -OCH3 is 4. The van der Waals surface area contributed by atoms with Crippen molar-refractivity contribution < 1.29 is 35.8 Å². The van der Waals surface area contributed by atoms with E-state index in [-0.39, 0.29) is 75.4 Å². The average molecular weight is 569 g/mol. The van der Waals surface area contributed by atoms with E-state index in [0.717, 1.165) is 0 Å². The lowest BCUT2D eigenvalue weighted by Gasteiger charge is -2.23. The molecular formula is C21H26Cl2N2O8S2. The Kier molecular flexibility index (Phi) is 8.66. The fourth-order valence-corrected chi connectivity index (χ4v) is 7.40. The number of hydrogen-bond donors (Lipinski definition) is 0. The first-order chi connectivity index (χ1) is 16.5. The molecule has 1 aliphatic rings. The van der Waals surface area contributed by atoms with Gasteiger partial charge in [0.2, 0.25) is 20.0 Å². The van der Waals surface area contributed by atoms with Crippen molar-refractivity contribution in [3.63, 3.8) is 0 Å². The van der Waals surface area contributed by atoms with Gasteiger partial charge in [-0.15, -0.1) is 0 Å². The third-order valence-corrected chi connectivity index (χ3v) is 9.96. The van der Waals surface area contributed by atoms with Crippen LogP contribution >= 0.6 is 23.2 Å². The summed E-state index contributed by atoms with van der Waals surface area (Å²) in [6.45, 7) is 0.0401. The maximum atomic E-state index is 13.5. The predicted octanol–water partition coefficient (Wildman–Crippen LogP) is 3.11. The summed E-state index contributed by atoms with van der Waals surface area (Å²) >= 11 is 12.2. The Labute approximate surface area is 215 Å². The van der Waals surface area contributed by atoms with Crippen LogP contribution in [0.3, 0.4) is 0 Å². The highest BCUT2D eigenvalue weighted by molar-refractivity contribution is 7.89. The number of hydrogen-bond acceptors (Lipinski definition) is 8. The van der Waals surface area contributed by atoms with Gasteiger partial charge in [-0.3, -0.25) is 0 Å². The molecule has 1 heterocycles. The summed E-state index contributed by atoms with van der Waals surface area (Å²) in [4.78, 5) is -0.247. The zero-order valence-corrected chi connectivity index (χ0v) is 22.7. The van der Waals surface area contributed by atoms with Crippen molar-refractivity contribution in [1.29, 1.82) is 0 Å². The van der Waals surface area contributed by atoms with E-state index in [0.29, 0.717) is 0 Å². The largest absolute Gasteiger partial charge is 0.495 e. The van der Waals surface area contributed by atoms with Gasteiger partial charge in [0.05, 0.1) is 38.5 Å². The van der Waals surface area contributed by atoms with Gasteiger partial charge in [-0.2, -0.15) is 8.61 Å². The Morgan fingerprint density at radius 3 is 1.26 bits per heavy atom. The molecule has 1 saturated heterocycles. The molecule has 194 valence electrons. The maximum Gasteiger partial charge on any atom is 0.246 e. The zero-order chi connectivity index (χ0) is 26.0. The van der Waals surface area contributed by atoms with Crippen molar-refractivity contribution in [3.05, 3.63) is 34.3 Å². The third-order valence-electron chi connectivity index (χ3n) is 5.53. The lowest BCUT2D eigenvalue weighted by molar-refractivity contribution is 0.378. The molecule has 2 aromatic rings. The highest BCUT2D eigenvalue weighted by Gasteiger charge is 2.35. The van der Waals surface area contributed by atoms with E-state index in [1.54, 1.807) is 0 Å². The molecule has 14 heteroatoms. The first-order valence-electron chi connectivity index (χ1n) is 10.3. The van der Waals surface area contributed by atoms with Gasteiger partial charge in [0.1, 0.15) is 32.8 Å². The molecule has 35 heavy (non-hydrogen) atoms. The van der Waals surface area contributed by atoms with Gasteiger partial charge in [0, 0.05) is 50.4 Å². The van der Waals surface area contributed by atoms with Crippen LogP contribution < -0.4 is 18.9 Å². The smallest absolute Gasteiger partial charge is 0.246 e. The van der Waals surface area contributed by atoms with Gasteiger partial charge in [-0.05, 0) is 6.42 Å². The molecule has 0 N–H and O–H groups in total. The van der Waals surface area contributed by atoms with Crippen LogP contribution in [-0.2, 0) is 20.0 Å². The summed E-state index contributed by atoms with van der Waals surface area (Å²) in [5.41, 5.74) is 0. The summed E-state index contributed by atoms with van der Waals surface area (Å²) in [6, 6.07) is 5.31. The van der Waals surface area contributed by atoms with E-state index in [9.17, 15) is 16.8 Å². The highest BCUT2D eigenvalue weighted by Crippen LogP contribution is 2.38. The Hall–Kier alpha value is -1.96. The predicted molar refractivity (Wildman–Crippen MR) is 131 cm³/mol. The van der Waals surface area contributed by atoms with Crippen molar-refractivity contribution in [2.45, 2.75) is 16.2 Å². The van der Waals surface area contributed by atoms with E-state index in [1.165, 1.54) is 61.3 Å². The first-order valence-corrected chi connectivity index (χ1v) is 14.0.